The van der Waals surface area contributed by atoms with E-state index in [1.165, 1.54) is 25.2 Å². The molecule has 0 heterocycles. The summed E-state index contributed by atoms with van der Waals surface area (Å²) in [4.78, 5) is 0. The van der Waals surface area contributed by atoms with Crippen molar-refractivity contribution < 1.29 is 0 Å². The maximum atomic E-state index is 3.42. The van der Waals surface area contributed by atoms with Gasteiger partial charge in [0.1, 0.15) is 0 Å². The Hall–Kier alpha value is 1.82. The first-order valence-electron chi connectivity index (χ1n) is 5.29. The molecule has 0 aromatic carbocycles. The van der Waals surface area contributed by atoms with Crippen LogP contribution in [-0.2, 0) is 0 Å². The second kappa shape index (κ2) is 14.8. The van der Waals surface area contributed by atoms with E-state index in [-0.39, 0.29) is 0 Å². The Morgan fingerprint density at radius 1 is 0.857 bits per heavy atom. The minimum Gasteiger partial charge on any atom is -0.0651 e. The summed E-state index contributed by atoms with van der Waals surface area (Å²) in [6.45, 7) is 9.04. The summed E-state index contributed by atoms with van der Waals surface area (Å²) in [5.41, 5.74) is 0. The van der Waals surface area contributed by atoms with Crippen LogP contribution in [0.25, 0.3) is 0 Å². The van der Waals surface area contributed by atoms with E-state index >= 15 is 0 Å². The predicted octanol–water partition coefficient (Wildman–Crippen LogP) is 6.04. The van der Waals surface area contributed by atoms with Crippen molar-refractivity contribution in [2.45, 2.75) is 40.5 Å². The van der Waals surface area contributed by atoms with E-state index in [1.54, 1.807) is 0 Å². The Balaban J connectivity index is 0. The first-order chi connectivity index (χ1) is 6.62. The van der Waals surface area contributed by atoms with E-state index in [2.05, 4.69) is 58.7 Å². The van der Waals surface area contributed by atoms with Gasteiger partial charge in [0, 0.05) is 0 Å². The standard InChI is InChI=1S/2C5H12BrP/c2*1-3-5(2)4-7-6/h2*5,7H,3-4H2,1-2H3. The van der Waals surface area contributed by atoms with Gasteiger partial charge in [-0.05, 0) is 38.7 Å². The van der Waals surface area contributed by atoms with Crippen LogP contribution >= 0.6 is 45.5 Å². The van der Waals surface area contributed by atoms with Crippen molar-refractivity contribution in [2.24, 2.45) is 11.8 Å². The largest absolute Gasteiger partial charge is 0.0651 e. The maximum Gasteiger partial charge on any atom is -0.0229 e. The van der Waals surface area contributed by atoms with Crippen molar-refractivity contribution in [1.82, 2.24) is 0 Å². The van der Waals surface area contributed by atoms with Crippen LogP contribution in [0.15, 0.2) is 0 Å². The summed E-state index contributed by atoms with van der Waals surface area (Å²) < 4.78 is 0. The van der Waals surface area contributed by atoms with Crippen LogP contribution < -0.4 is 0 Å². The molecule has 0 radical (unpaired) electrons. The number of hydrogen-bond acceptors (Lipinski definition) is 0. The van der Waals surface area contributed by atoms with Crippen molar-refractivity contribution in [3.8, 4) is 0 Å². The van der Waals surface area contributed by atoms with Crippen molar-refractivity contribution in [3.63, 3.8) is 0 Å². The van der Waals surface area contributed by atoms with Crippen LogP contribution in [0.2, 0.25) is 0 Å². The maximum absolute atomic E-state index is 3.42. The molecule has 0 saturated heterocycles. The van der Waals surface area contributed by atoms with Gasteiger partial charge in [0.05, 0.1) is 0 Å². The fourth-order valence-corrected chi connectivity index (χ4v) is 4.97. The molecule has 4 heteroatoms. The average molecular weight is 366 g/mol. The Labute approximate surface area is 110 Å². The molecule has 0 aliphatic heterocycles. The molecule has 0 saturated carbocycles. The fraction of sp³-hybridized carbons (Fsp3) is 1.00. The molecular weight excluding hydrogens is 342 g/mol. The van der Waals surface area contributed by atoms with Gasteiger partial charge in [0.2, 0.25) is 0 Å². The lowest BCUT2D eigenvalue weighted by molar-refractivity contribution is 0.636. The van der Waals surface area contributed by atoms with Crippen molar-refractivity contribution in [2.75, 3.05) is 12.3 Å². The molecule has 0 nitrogen and oxygen atoms in total. The van der Waals surface area contributed by atoms with Crippen molar-refractivity contribution in [1.29, 1.82) is 0 Å². The van der Waals surface area contributed by atoms with Crippen LogP contribution in [0.3, 0.4) is 0 Å². The summed E-state index contributed by atoms with van der Waals surface area (Å²) in [5.74, 6) is 1.83. The van der Waals surface area contributed by atoms with Crippen LogP contribution in [0, 0.1) is 11.8 Å². The highest BCUT2D eigenvalue weighted by molar-refractivity contribution is 9.37. The van der Waals surface area contributed by atoms with Gasteiger partial charge < -0.3 is 0 Å². The molecule has 0 spiro atoms. The summed E-state index contributed by atoms with van der Waals surface area (Å²) in [5, 5.41) is 0. The van der Waals surface area contributed by atoms with E-state index in [9.17, 15) is 0 Å². The molecule has 4 unspecified atom stereocenters. The zero-order chi connectivity index (χ0) is 11.4. The van der Waals surface area contributed by atoms with E-state index < -0.39 is 0 Å². The molecule has 0 aliphatic rings. The third-order valence-electron chi connectivity index (χ3n) is 2.25. The topological polar surface area (TPSA) is 0 Å². The number of hydrogen-bond donors (Lipinski definition) is 0. The van der Waals surface area contributed by atoms with E-state index in [4.69, 9.17) is 0 Å². The highest BCUT2D eigenvalue weighted by Crippen LogP contribution is 2.24. The van der Waals surface area contributed by atoms with Crippen LogP contribution in [0.1, 0.15) is 40.5 Å². The van der Waals surface area contributed by atoms with Crippen LogP contribution in [-0.4, -0.2) is 12.3 Å². The number of rotatable bonds is 6. The quantitative estimate of drug-likeness (QED) is 0.503. The van der Waals surface area contributed by atoms with Gasteiger partial charge in [-0.25, -0.2) is 0 Å². The van der Waals surface area contributed by atoms with Gasteiger partial charge in [-0.15, -0.1) is 0 Å². The van der Waals surface area contributed by atoms with Crippen LogP contribution in [0.4, 0.5) is 0 Å². The lowest BCUT2D eigenvalue weighted by Gasteiger charge is -2.01. The van der Waals surface area contributed by atoms with E-state index in [1.807, 2.05) is 0 Å². The van der Waals surface area contributed by atoms with Gasteiger partial charge in [0.25, 0.3) is 0 Å². The summed E-state index contributed by atoms with van der Waals surface area (Å²) in [6, 6.07) is 0. The van der Waals surface area contributed by atoms with E-state index in [0.717, 1.165) is 26.4 Å². The molecule has 0 amide bonds. The zero-order valence-corrected chi connectivity index (χ0v) is 14.9. The van der Waals surface area contributed by atoms with Crippen LogP contribution in [0.5, 0.6) is 0 Å². The molecule has 0 rings (SSSR count). The third kappa shape index (κ3) is 16.3. The number of halogens is 2. The molecule has 0 bridgehead atoms. The minimum absolute atomic E-state index is 0.915. The van der Waals surface area contributed by atoms with Crippen molar-refractivity contribution >= 4 is 45.5 Å². The molecule has 0 aromatic rings. The molecule has 4 atom stereocenters. The lowest BCUT2D eigenvalue weighted by Crippen LogP contribution is -1.90. The molecule has 0 aliphatic carbocycles. The average Bonchev–Trinajstić information content (AvgIpc) is 2.19. The van der Waals surface area contributed by atoms with Gasteiger partial charge in [-0.3, -0.25) is 0 Å². The Morgan fingerprint density at radius 2 is 1.14 bits per heavy atom. The molecule has 0 fully saturated rings. The highest BCUT2D eigenvalue weighted by Gasteiger charge is 1.94. The monoisotopic (exact) mass is 364 g/mol. The summed E-state index contributed by atoms with van der Waals surface area (Å²) >= 11 is 6.84. The third-order valence-corrected chi connectivity index (χ3v) is 5.89. The Kier molecular flexibility index (Phi) is 19.3. The Bertz CT molecular complexity index is 90.1. The lowest BCUT2D eigenvalue weighted by atomic mass is 10.2. The normalized spacial score (nSPS) is 15.9. The van der Waals surface area contributed by atoms with Gasteiger partial charge in [-0.1, -0.05) is 71.5 Å². The molecule has 0 aromatic heterocycles. The zero-order valence-electron chi connectivity index (χ0n) is 9.74. The van der Waals surface area contributed by atoms with Crippen molar-refractivity contribution in [3.05, 3.63) is 0 Å². The Morgan fingerprint density at radius 3 is 1.21 bits per heavy atom. The predicted molar refractivity (Wildman–Crippen MR) is 83.1 cm³/mol. The highest BCUT2D eigenvalue weighted by atomic mass is 79.9. The second-order valence-electron chi connectivity index (χ2n) is 3.70. The summed E-state index contributed by atoms with van der Waals surface area (Å²) in [6.07, 6.45) is 5.32. The van der Waals surface area contributed by atoms with Gasteiger partial charge in [0.15, 0.2) is 0 Å². The SMILES string of the molecule is CCC(C)CPBr.CCC(C)CPBr. The fourth-order valence-electron chi connectivity index (χ4n) is 0.552. The summed E-state index contributed by atoms with van der Waals surface area (Å²) in [7, 11) is 1.91. The molecule has 0 N–H and O–H groups in total. The van der Waals surface area contributed by atoms with Gasteiger partial charge >= 0.3 is 0 Å². The molecular formula is C10H24Br2P2. The molecule has 14 heavy (non-hydrogen) atoms. The molecule has 88 valence electrons. The second-order valence-corrected chi connectivity index (χ2v) is 8.42. The first-order valence-corrected chi connectivity index (χ1v) is 12.2. The minimum atomic E-state index is 0.915. The smallest absolute Gasteiger partial charge is 0.0229 e. The first kappa shape index (κ1) is 18.2. The van der Waals surface area contributed by atoms with E-state index in [0.29, 0.717) is 0 Å². The van der Waals surface area contributed by atoms with Gasteiger partial charge in [-0.2, -0.15) is 0 Å².